The molecule has 0 bridgehead atoms. The molecule has 0 aliphatic carbocycles. The van der Waals surface area contributed by atoms with Crippen LogP contribution in [0.25, 0.3) is 0 Å². The Kier molecular flexibility index (Phi) is 6.01. The van der Waals surface area contributed by atoms with Gasteiger partial charge in [0.25, 0.3) is 0 Å². The van der Waals surface area contributed by atoms with Gasteiger partial charge >= 0.3 is 5.97 Å². The fraction of sp³-hybridized carbons (Fsp3) is 0.583. The number of hydrogen-bond donors (Lipinski definition) is 0. The van der Waals surface area contributed by atoms with Crippen LogP contribution in [0.15, 0.2) is 6.07 Å². The molecule has 0 radical (unpaired) electrons. The van der Waals surface area contributed by atoms with Gasteiger partial charge in [0.2, 0.25) is 0 Å². The molecule has 18 heavy (non-hydrogen) atoms. The summed E-state index contributed by atoms with van der Waals surface area (Å²) in [4.78, 5) is 21.5. The monoisotopic (exact) mass is 271 g/mol. The Morgan fingerprint density at radius 1 is 1.50 bits per heavy atom. The number of methoxy groups -OCH3 is 1. The molecule has 5 nitrogen and oxygen atoms in total. The largest absolute Gasteiger partial charge is 0.469 e. The Labute approximate surface area is 112 Å². The lowest BCUT2D eigenvalue weighted by Crippen LogP contribution is -2.21. The summed E-state index contributed by atoms with van der Waals surface area (Å²) in [6, 6.07) is 1.72. The van der Waals surface area contributed by atoms with Crippen LogP contribution in [-0.4, -0.2) is 41.5 Å². The Balaban J connectivity index is 2.39. The van der Waals surface area contributed by atoms with Crippen LogP contribution < -0.4 is 0 Å². The normalized spacial score (nSPS) is 10.7. The first kappa shape index (κ1) is 14.9. The standard InChI is InChI=1S/C12H18ClN3O2/c1-9-7-10(13)15-11(14-9)8-16(2)6-4-5-12(17)18-3/h7H,4-6,8H2,1-3H3. The van der Waals surface area contributed by atoms with Crippen molar-refractivity contribution in [3.05, 3.63) is 22.7 Å². The van der Waals surface area contributed by atoms with Crippen molar-refractivity contribution in [2.75, 3.05) is 20.7 Å². The van der Waals surface area contributed by atoms with E-state index in [9.17, 15) is 4.79 Å². The van der Waals surface area contributed by atoms with Crippen molar-refractivity contribution in [2.45, 2.75) is 26.3 Å². The van der Waals surface area contributed by atoms with Crippen molar-refractivity contribution in [2.24, 2.45) is 0 Å². The summed E-state index contributed by atoms with van der Waals surface area (Å²) in [7, 11) is 3.35. The molecule has 0 amide bonds. The van der Waals surface area contributed by atoms with Crippen LogP contribution in [0.1, 0.15) is 24.4 Å². The molecule has 1 aromatic rings. The zero-order valence-corrected chi connectivity index (χ0v) is 11.7. The molecule has 0 spiro atoms. The van der Waals surface area contributed by atoms with E-state index in [2.05, 4.69) is 14.7 Å². The highest BCUT2D eigenvalue weighted by atomic mass is 35.5. The predicted octanol–water partition coefficient (Wildman–Crippen LogP) is 1.82. The molecular formula is C12H18ClN3O2. The summed E-state index contributed by atoms with van der Waals surface area (Å²) in [5, 5.41) is 0.459. The van der Waals surface area contributed by atoms with Crippen molar-refractivity contribution in [1.82, 2.24) is 14.9 Å². The summed E-state index contributed by atoms with van der Waals surface area (Å²) < 4.78 is 4.58. The van der Waals surface area contributed by atoms with Crippen LogP contribution in [0, 0.1) is 6.92 Å². The molecule has 1 aromatic heterocycles. The van der Waals surface area contributed by atoms with E-state index in [0.717, 1.165) is 18.7 Å². The van der Waals surface area contributed by atoms with Gasteiger partial charge < -0.3 is 4.74 Å². The van der Waals surface area contributed by atoms with E-state index in [1.807, 2.05) is 18.9 Å². The molecule has 0 saturated carbocycles. The lowest BCUT2D eigenvalue weighted by atomic mass is 10.3. The highest BCUT2D eigenvalue weighted by Gasteiger charge is 2.06. The van der Waals surface area contributed by atoms with Crippen LogP contribution >= 0.6 is 11.6 Å². The Hall–Kier alpha value is -1.20. The smallest absolute Gasteiger partial charge is 0.305 e. The third-order valence-corrected chi connectivity index (χ3v) is 2.62. The zero-order valence-electron chi connectivity index (χ0n) is 10.9. The highest BCUT2D eigenvalue weighted by Crippen LogP contribution is 2.08. The van der Waals surface area contributed by atoms with Gasteiger partial charge in [-0.2, -0.15) is 0 Å². The minimum atomic E-state index is -0.182. The van der Waals surface area contributed by atoms with Gasteiger partial charge in [0.1, 0.15) is 11.0 Å². The summed E-state index contributed by atoms with van der Waals surface area (Å²) >= 11 is 5.87. The van der Waals surface area contributed by atoms with Crippen LogP contribution in [-0.2, 0) is 16.1 Å². The van der Waals surface area contributed by atoms with Crippen LogP contribution in [0.4, 0.5) is 0 Å². The minimum absolute atomic E-state index is 0.182. The molecular weight excluding hydrogens is 254 g/mol. The summed E-state index contributed by atoms with van der Waals surface area (Å²) in [6.07, 6.45) is 1.18. The van der Waals surface area contributed by atoms with Gasteiger partial charge in [-0.15, -0.1) is 0 Å². The number of hydrogen-bond acceptors (Lipinski definition) is 5. The van der Waals surface area contributed by atoms with Crippen molar-refractivity contribution < 1.29 is 9.53 Å². The third kappa shape index (κ3) is 5.42. The molecule has 0 aliphatic rings. The van der Waals surface area contributed by atoms with Gasteiger partial charge in [0.15, 0.2) is 0 Å². The second kappa shape index (κ2) is 7.28. The summed E-state index contributed by atoms with van der Waals surface area (Å²) in [6.45, 7) is 3.28. The first-order valence-electron chi connectivity index (χ1n) is 5.76. The second-order valence-electron chi connectivity index (χ2n) is 4.17. The van der Waals surface area contributed by atoms with Crippen molar-refractivity contribution in [3.63, 3.8) is 0 Å². The van der Waals surface area contributed by atoms with Gasteiger partial charge in [-0.05, 0) is 33.0 Å². The van der Waals surface area contributed by atoms with Gasteiger partial charge in [0.05, 0.1) is 13.7 Å². The molecule has 0 N–H and O–H groups in total. The van der Waals surface area contributed by atoms with E-state index < -0.39 is 0 Å². The fourth-order valence-corrected chi connectivity index (χ4v) is 1.83. The SMILES string of the molecule is COC(=O)CCCN(C)Cc1nc(C)cc(Cl)n1. The lowest BCUT2D eigenvalue weighted by molar-refractivity contribution is -0.140. The maximum absolute atomic E-state index is 11.0. The molecule has 0 atom stereocenters. The zero-order chi connectivity index (χ0) is 13.5. The highest BCUT2D eigenvalue weighted by molar-refractivity contribution is 6.29. The molecule has 0 aromatic carbocycles. The Morgan fingerprint density at radius 2 is 2.22 bits per heavy atom. The average Bonchev–Trinajstić information content (AvgIpc) is 2.27. The summed E-state index contributed by atoms with van der Waals surface area (Å²) in [5.74, 6) is 0.513. The first-order chi connectivity index (χ1) is 8.51. The van der Waals surface area contributed by atoms with Crippen LogP contribution in [0.2, 0.25) is 5.15 Å². The Bertz CT molecular complexity index is 392. The van der Waals surface area contributed by atoms with Crippen molar-refractivity contribution in [1.29, 1.82) is 0 Å². The molecule has 1 heterocycles. The number of aryl methyl sites for hydroxylation is 1. The molecule has 1 rings (SSSR count). The molecule has 100 valence electrons. The number of carbonyl (C=O) groups excluding carboxylic acids is 1. The number of carbonyl (C=O) groups is 1. The number of esters is 1. The number of halogens is 1. The molecule has 0 aliphatic heterocycles. The number of rotatable bonds is 6. The van der Waals surface area contributed by atoms with E-state index in [4.69, 9.17) is 11.6 Å². The average molecular weight is 272 g/mol. The molecule has 0 unspecified atom stereocenters. The van der Waals surface area contributed by atoms with Gasteiger partial charge in [0, 0.05) is 12.1 Å². The second-order valence-corrected chi connectivity index (χ2v) is 4.55. The topological polar surface area (TPSA) is 55.3 Å². The minimum Gasteiger partial charge on any atom is -0.469 e. The number of ether oxygens (including phenoxy) is 1. The van der Waals surface area contributed by atoms with E-state index in [-0.39, 0.29) is 5.97 Å². The van der Waals surface area contributed by atoms with Crippen molar-refractivity contribution in [3.8, 4) is 0 Å². The van der Waals surface area contributed by atoms with E-state index >= 15 is 0 Å². The van der Waals surface area contributed by atoms with Crippen LogP contribution in [0.3, 0.4) is 0 Å². The van der Waals surface area contributed by atoms with Gasteiger partial charge in [-0.25, -0.2) is 9.97 Å². The predicted molar refractivity (Wildman–Crippen MR) is 69.4 cm³/mol. The van der Waals surface area contributed by atoms with E-state index in [1.165, 1.54) is 7.11 Å². The maximum Gasteiger partial charge on any atom is 0.305 e. The van der Waals surface area contributed by atoms with Gasteiger partial charge in [-0.1, -0.05) is 11.6 Å². The first-order valence-corrected chi connectivity index (χ1v) is 6.14. The fourth-order valence-electron chi connectivity index (χ4n) is 1.58. The number of nitrogens with zero attached hydrogens (tertiary/aromatic N) is 3. The third-order valence-electron chi connectivity index (χ3n) is 2.43. The Morgan fingerprint density at radius 3 is 2.83 bits per heavy atom. The quantitative estimate of drug-likeness (QED) is 0.584. The lowest BCUT2D eigenvalue weighted by Gasteiger charge is -2.15. The molecule has 0 fully saturated rings. The van der Waals surface area contributed by atoms with E-state index in [0.29, 0.717) is 23.9 Å². The summed E-state index contributed by atoms with van der Waals surface area (Å²) in [5.41, 5.74) is 0.855. The van der Waals surface area contributed by atoms with Crippen LogP contribution in [0.5, 0.6) is 0 Å². The maximum atomic E-state index is 11.0. The molecule has 0 saturated heterocycles. The molecule has 6 heteroatoms. The van der Waals surface area contributed by atoms with E-state index in [1.54, 1.807) is 6.07 Å². The van der Waals surface area contributed by atoms with Crippen molar-refractivity contribution >= 4 is 17.6 Å². The van der Waals surface area contributed by atoms with Gasteiger partial charge in [-0.3, -0.25) is 9.69 Å². The number of aromatic nitrogens is 2.